The first kappa shape index (κ1) is 28.0. The molecule has 0 fully saturated rings. The predicted molar refractivity (Wildman–Crippen MR) is 146 cm³/mol. The van der Waals surface area contributed by atoms with Crippen LogP contribution in [0.3, 0.4) is 0 Å². The summed E-state index contributed by atoms with van der Waals surface area (Å²) in [6, 6.07) is 23.0. The van der Waals surface area contributed by atoms with E-state index in [9.17, 15) is 4.79 Å². The summed E-state index contributed by atoms with van der Waals surface area (Å²) in [7, 11) is 4.07. The Morgan fingerprint density at radius 1 is 1.00 bits per heavy atom. The van der Waals surface area contributed by atoms with Gasteiger partial charge in [0.05, 0.1) is 0 Å². The molecular formula is C26H30BrCl2N3O2. The summed E-state index contributed by atoms with van der Waals surface area (Å²) in [4.78, 5) is 17.0. The first-order valence-corrected chi connectivity index (χ1v) is 12.0. The average Bonchev–Trinajstić information content (AvgIpc) is 2.81. The van der Waals surface area contributed by atoms with Crippen molar-refractivity contribution in [2.24, 2.45) is 0 Å². The van der Waals surface area contributed by atoms with Crippen LogP contribution in [0.2, 0.25) is 5.02 Å². The lowest BCUT2D eigenvalue weighted by atomic mass is 10.2. The third-order valence-electron chi connectivity index (χ3n) is 5.06. The number of urea groups is 1. The molecule has 182 valence electrons. The molecule has 34 heavy (non-hydrogen) atoms. The van der Waals surface area contributed by atoms with Crippen LogP contribution in [0, 0.1) is 0 Å². The van der Waals surface area contributed by atoms with E-state index in [-0.39, 0.29) is 18.4 Å². The van der Waals surface area contributed by atoms with Gasteiger partial charge in [-0.15, -0.1) is 12.4 Å². The number of amides is 2. The van der Waals surface area contributed by atoms with Gasteiger partial charge in [-0.25, -0.2) is 4.79 Å². The van der Waals surface area contributed by atoms with Crippen molar-refractivity contribution < 1.29 is 9.53 Å². The Kier molecular flexibility index (Phi) is 11.7. The van der Waals surface area contributed by atoms with E-state index in [1.165, 1.54) is 0 Å². The first-order chi connectivity index (χ1) is 15.9. The summed E-state index contributed by atoms with van der Waals surface area (Å²) in [6.07, 6.45) is 0.877. The Hall–Kier alpha value is -2.25. The zero-order chi connectivity index (χ0) is 23.6. The standard InChI is InChI=1S/C26H29BrClN3O2.ClH/c1-30(2)15-6-16-31(24-7-4-3-5-8-24)26(32)29-18-21-17-22(27)11-14-25(21)33-19-20-9-12-23(28)13-10-20;/h3-5,7-14,17H,6,15-16,18-19H2,1-2H3,(H,29,32);1H. The predicted octanol–water partition coefficient (Wildman–Crippen LogP) is 6.77. The van der Waals surface area contributed by atoms with Crippen molar-refractivity contribution in [2.75, 3.05) is 32.1 Å². The second-order valence-corrected chi connectivity index (χ2v) is 9.32. The van der Waals surface area contributed by atoms with Crippen LogP contribution in [0.15, 0.2) is 77.3 Å². The van der Waals surface area contributed by atoms with Crippen LogP contribution in [0.25, 0.3) is 0 Å². The Bertz CT molecular complexity index is 1030. The van der Waals surface area contributed by atoms with Gasteiger partial charge in [0.1, 0.15) is 12.4 Å². The Balaban J connectivity index is 0.00000408. The molecule has 3 aromatic rings. The second kappa shape index (κ2) is 14.2. The third-order valence-corrected chi connectivity index (χ3v) is 5.81. The summed E-state index contributed by atoms with van der Waals surface area (Å²) in [5.41, 5.74) is 2.80. The SMILES string of the molecule is CN(C)CCCN(C(=O)NCc1cc(Br)ccc1OCc1ccc(Cl)cc1)c1ccccc1.Cl. The number of nitrogens with zero attached hydrogens (tertiary/aromatic N) is 2. The van der Waals surface area contributed by atoms with Crippen molar-refractivity contribution in [3.8, 4) is 5.75 Å². The molecule has 0 bridgehead atoms. The number of carbonyl (C=O) groups excluding carboxylic acids is 1. The number of anilines is 1. The molecule has 8 heteroatoms. The third kappa shape index (κ3) is 8.84. The zero-order valence-electron chi connectivity index (χ0n) is 19.3. The summed E-state index contributed by atoms with van der Waals surface area (Å²) < 4.78 is 6.98. The number of rotatable bonds is 10. The van der Waals surface area contributed by atoms with Crippen molar-refractivity contribution in [1.29, 1.82) is 0 Å². The highest BCUT2D eigenvalue weighted by molar-refractivity contribution is 9.10. The van der Waals surface area contributed by atoms with E-state index in [0.717, 1.165) is 40.0 Å². The lowest BCUT2D eigenvalue weighted by Crippen LogP contribution is -2.41. The first-order valence-electron chi connectivity index (χ1n) is 10.8. The number of nitrogens with one attached hydrogen (secondary N) is 1. The molecule has 0 saturated carbocycles. The highest BCUT2D eigenvalue weighted by atomic mass is 79.9. The molecule has 5 nitrogen and oxygen atoms in total. The number of para-hydroxylation sites is 1. The second-order valence-electron chi connectivity index (χ2n) is 7.97. The maximum atomic E-state index is 13.1. The highest BCUT2D eigenvalue weighted by Gasteiger charge is 2.16. The molecule has 3 aromatic carbocycles. The molecule has 0 aromatic heterocycles. The van der Waals surface area contributed by atoms with Crippen molar-refractivity contribution in [3.05, 3.63) is 93.4 Å². The van der Waals surface area contributed by atoms with Crippen LogP contribution < -0.4 is 15.0 Å². The number of carbonyl (C=O) groups is 1. The normalized spacial score (nSPS) is 10.5. The van der Waals surface area contributed by atoms with Crippen LogP contribution in [0.4, 0.5) is 10.5 Å². The number of hydrogen-bond acceptors (Lipinski definition) is 3. The van der Waals surface area contributed by atoms with E-state index < -0.39 is 0 Å². The van der Waals surface area contributed by atoms with Gasteiger partial charge in [-0.05, 0) is 75.1 Å². The molecule has 2 amide bonds. The van der Waals surface area contributed by atoms with E-state index in [0.29, 0.717) is 24.7 Å². The minimum atomic E-state index is -0.136. The summed E-state index contributed by atoms with van der Waals surface area (Å²) in [5, 5.41) is 3.76. The number of ether oxygens (including phenoxy) is 1. The zero-order valence-corrected chi connectivity index (χ0v) is 22.5. The number of hydrogen-bond donors (Lipinski definition) is 1. The maximum Gasteiger partial charge on any atom is 0.322 e. The summed E-state index contributed by atoms with van der Waals surface area (Å²) in [5.74, 6) is 0.729. The van der Waals surface area contributed by atoms with Gasteiger partial charge in [0.25, 0.3) is 0 Å². The number of benzene rings is 3. The molecule has 0 atom stereocenters. The van der Waals surface area contributed by atoms with E-state index in [2.05, 4.69) is 26.1 Å². The lowest BCUT2D eigenvalue weighted by Gasteiger charge is -2.24. The fourth-order valence-electron chi connectivity index (χ4n) is 3.34. The quantitative estimate of drug-likeness (QED) is 0.294. The molecule has 0 spiro atoms. The molecule has 0 unspecified atom stereocenters. The Labute approximate surface area is 221 Å². The minimum absolute atomic E-state index is 0. The van der Waals surface area contributed by atoms with Gasteiger partial charge in [-0.2, -0.15) is 0 Å². The van der Waals surface area contributed by atoms with Gasteiger partial charge < -0.3 is 15.0 Å². The fourth-order valence-corrected chi connectivity index (χ4v) is 3.87. The topological polar surface area (TPSA) is 44.8 Å². The Morgan fingerprint density at radius 2 is 1.71 bits per heavy atom. The van der Waals surface area contributed by atoms with Crippen LogP contribution >= 0.6 is 39.9 Å². The van der Waals surface area contributed by atoms with Gasteiger partial charge in [0.15, 0.2) is 0 Å². The molecule has 0 heterocycles. The Morgan fingerprint density at radius 3 is 2.38 bits per heavy atom. The summed E-state index contributed by atoms with van der Waals surface area (Å²) >= 11 is 9.49. The lowest BCUT2D eigenvalue weighted by molar-refractivity contribution is 0.245. The van der Waals surface area contributed by atoms with Crippen molar-refractivity contribution in [1.82, 2.24) is 10.2 Å². The molecule has 1 N–H and O–H groups in total. The monoisotopic (exact) mass is 565 g/mol. The average molecular weight is 567 g/mol. The number of halogens is 3. The molecule has 0 aliphatic rings. The van der Waals surface area contributed by atoms with Gasteiger partial charge in [0.2, 0.25) is 0 Å². The van der Waals surface area contributed by atoms with E-state index in [4.69, 9.17) is 16.3 Å². The highest BCUT2D eigenvalue weighted by Crippen LogP contribution is 2.25. The van der Waals surface area contributed by atoms with Crippen LogP contribution in [0.1, 0.15) is 17.5 Å². The van der Waals surface area contributed by atoms with Gasteiger partial charge in [0, 0.05) is 33.8 Å². The largest absolute Gasteiger partial charge is 0.489 e. The van der Waals surface area contributed by atoms with E-state index >= 15 is 0 Å². The van der Waals surface area contributed by atoms with Crippen molar-refractivity contribution in [3.63, 3.8) is 0 Å². The van der Waals surface area contributed by atoms with E-state index in [1.807, 2.05) is 86.9 Å². The molecule has 0 radical (unpaired) electrons. The van der Waals surface area contributed by atoms with Gasteiger partial charge >= 0.3 is 6.03 Å². The van der Waals surface area contributed by atoms with Crippen LogP contribution in [-0.2, 0) is 13.2 Å². The van der Waals surface area contributed by atoms with Crippen molar-refractivity contribution >= 4 is 51.7 Å². The molecule has 0 aliphatic carbocycles. The smallest absolute Gasteiger partial charge is 0.322 e. The van der Waals surface area contributed by atoms with Crippen LogP contribution in [-0.4, -0.2) is 38.1 Å². The fraction of sp³-hybridized carbons (Fsp3) is 0.269. The molecular weight excluding hydrogens is 537 g/mol. The van der Waals surface area contributed by atoms with Crippen molar-refractivity contribution in [2.45, 2.75) is 19.6 Å². The molecule has 0 aliphatic heterocycles. The molecule has 3 rings (SSSR count). The van der Waals surface area contributed by atoms with Gasteiger partial charge in [-0.3, -0.25) is 4.90 Å². The minimum Gasteiger partial charge on any atom is -0.489 e. The van der Waals surface area contributed by atoms with E-state index in [1.54, 1.807) is 4.90 Å². The summed E-state index contributed by atoms with van der Waals surface area (Å²) in [6.45, 7) is 2.31. The van der Waals surface area contributed by atoms with Crippen LogP contribution in [0.5, 0.6) is 5.75 Å². The van der Waals surface area contributed by atoms with Gasteiger partial charge in [-0.1, -0.05) is 57.9 Å². The molecule has 0 saturated heterocycles. The maximum absolute atomic E-state index is 13.1.